The van der Waals surface area contributed by atoms with E-state index in [1.807, 2.05) is 13.8 Å². The molecule has 14 heavy (non-hydrogen) atoms. The predicted molar refractivity (Wildman–Crippen MR) is 60.5 cm³/mol. The Morgan fingerprint density at radius 2 is 1.43 bits per heavy atom. The van der Waals surface area contributed by atoms with Crippen LogP contribution in [0.15, 0.2) is 0 Å². The standard InChI is InChI=1S/C10H22O3S/c1-8(3-4-9(2)14)10(5-11,6-12)7-13/h8-9,11-14H,3-7H2,1-2H3. The van der Waals surface area contributed by atoms with Gasteiger partial charge in [0.1, 0.15) is 0 Å². The van der Waals surface area contributed by atoms with Gasteiger partial charge in [-0.05, 0) is 24.0 Å². The van der Waals surface area contributed by atoms with Gasteiger partial charge in [0.15, 0.2) is 0 Å². The monoisotopic (exact) mass is 222 g/mol. The fourth-order valence-corrected chi connectivity index (χ4v) is 1.56. The van der Waals surface area contributed by atoms with Crippen molar-refractivity contribution in [2.45, 2.75) is 31.9 Å². The van der Waals surface area contributed by atoms with Gasteiger partial charge in [-0.1, -0.05) is 13.8 Å². The van der Waals surface area contributed by atoms with Crippen molar-refractivity contribution >= 4 is 12.6 Å². The van der Waals surface area contributed by atoms with E-state index < -0.39 is 5.41 Å². The Morgan fingerprint density at radius 3 is 1.71 bits per heavy atom. The van der Waals surface area contributed by atoms with Gasteiger partial charge in [0.05, 0.1) is 19.8 Å². The van der Waals surface area contributed by atoms with E-state index in [1.165, 1.54) is 0 Å². The van der Waals surface area contributed by atoms with Gasteiger partial charge < -0.3 is 15.3 Å². The largest absolute Gasteiger partial charge is 0.396 e. The van der Waals surface area contributed by atoms with Crippen LogP contribution in [0.1, 0.15) is 26.7 Å². The lowest BCUT2D eigenvalue weighted by molar-refractivity contribution is -0.0359. The zero-order valence-electron chi connectivity index (χ0n) is 8.98. The summed E-state index contributed by atoms with van der Waals surface area (Å²) in [5.74, 6) is 0.0945. The molecule has 3 nitrogen and oxygen atoms in total. The Labute approximate surface area is 91.6 Å². The lowest BCUT2D eigenvalue weighted by Gasteiger charge is -2.34. The summed E-state index contributed by atoms with van der Waals surface area (Å²) in [6.45, 7) is 3.42. The highest BCUT2D eigenvalue weighted by molar-refractivity contribution is 7.80. The van der Waals surface area contributed by atoms with E-state index in [9.17, 15) is 15.3 Å². The Kier molecular flexibility index (Phi) is 6.78. The summed E-state index contributed by atoms with van der Waals surface area (Å²) < 4.78 is 0. The van der Waals surface area contributed by atoms with Gasteiger partial charge in [-0.25, -0.2) is 0 Å². The summed E-state index contributed by atoms with van der Waals surface area (Å²) in [5.41, 5.74) is -0.747. The van der Waals surface area contributed by atoms with Crippen LogP contribution in [0.3, 0.4) is 0 Å². The van der Waals surface area contributed by atoms with Gasteiger partial charge in [0.2, 0.25) is 0 Å². The SMILES string of the molecule is CC(S)CCC(C)C(CO)(CO)CO. The normalized spacial score (nSPS) is 16.7. The lowest BCUT2D eigenvalue weighted by Crippen LogP contribution is -2.40. The first-order chi connectivity index (χ1) is 6.52. The van der Waals surface area contributed by atoms with Gasteiger partial charge in [-0.3, -0.25) is 0 Å². The third-order valence-corrected chi connectivity index (χ3v) is 3.27. The smallest absolute Gasteiger partial charge is 0.0534 e. The maximum Gasteiger partial charge on any atom is 0.0534 e. The van der Waals surface area contributed by atoms with Crippen molar-refractivity contribution in [1.29, 1.82) is 0 Å². The van der Waals surface area contributed by atoms with E-state index in [-0.39, 0.29) is 25.7 Å². The molecule has 0 aromatic rings. The molecule has 0 saturated heterocycles. The van der Waals surface area contributed by atoms with Crippen molar-refractivity contribution in [2.75, 3.05) is 19.8 Å². The zero-order chi connectivity index (χ0) is 11.2. The van der Waals surface area contributed by atoms with Crippen LogP contribution in [-0.2, 0) is 0 Å². The van der Waals surface area contributed by atoms with Gasteiger partial charge in [-0.15, -0.1) is 0 Å². The maximum atomic E-state index is 9.17. The van der Waals surface area contributed by atoms with Crippen LogP contribution in [0.25, 0.3) is 0 Å². The Hall–Kier alpha value is 0.230. The van der Waals surface area contributed by atoms with Crippen molar-refractivity contribution in [3.05, 3.63) is 0 Å². The van der Waals surface area contributed by atoms with Crippen molar-refractivity contribution < 1.29 is 15.3 Å². The third-order valence-electron chi connectivity index (χ3n) is 3.01. The highest BCUT2D eigenvalue weighted by Crippen LogP contribution is 2.30. The number of rotatable bonds is 7. The average molecular weight is 222 g/mol. The summed E-state index contributed by atoms with van der Waals surface area (Å²) >= 11 is 4.27. The molecule has 0 aliphatic heterocycles. The molecule has 0 fully saturated rings. The molecule has 86 valence electrons. The fraction of sp³-hybridized carbons (Fsp3) is 1.00. The van der Waals surface area contributed by atoms with Crippen LogP contribution >= 0.6 is 12.6 Å². The summed E-state index contributed by atoms with van der Waals surface area (Å²) in [7, 11) is 0. The lowest BCUT2D eigenvalue weighted by atomic mass is 9.76. The van der Waals surface area contributed by atoms with Crippen molar-refractivity contribution in [2.24, 2.45) is 11.3 Å². The zero-order valence-corrected chi connectivity index (χ0v) is 9.87. The predicted octanol–water partition coefficient (Wildman–Crippen LogP) is 0.684. The highest BCUT2D eigenvalue weighted by Gasteiger charge is 2.34. The van der Waals surface area contributed by atoms with Gasteiger partial charge in [0, 0.05) is 5.41 Å². The van der Waals surface area contributed by atoms with Gasteiger partial charge in [0.25, 0.3) is 0 Å². The Bertz CT molecular complexity index is 138. The minimum absolute atomic E-state index is 0.0945. The molecule has 2 atom stereocenters. The average Bonchev–Trinajstić information content (AvgIpc) is 2.18. The summed E-state index contributed by atoms with van der Waals surface area (Å²) in [6.07, 6.45) is 1.78. The summed E-state index contributed by atoms with van der Waals surface area (Å²) in [4.78, 5) is 0. The molecule has 0 saturated carbocycles. The van der Waals surface area contributed by atoms with Crippen LogP contribution in [-0.4, -0.2) is 40.4 Å². The summed E-state index contributed by atoms with van der Waals surface area (Å²) in [5, 5.41) is 27.8. The highest BCUT2D eigenvalue weighted by atomic mass is 32.1. The van der Waals surface area contributed by atoms with Crippen LogP contribution in [0.4, 0.5) is 0 Å². The van der Waals surface area contributed by atoms with E-state index in [1.54, 1.807) is 0 Å². The molecule has 0 rings (SSSR count). The van der Waals surface area contributed by atoms with E-state index in [0.717, 1.165) is 12.8 Å². The molecule has 0 amide bonds. The van der Waals surface area contributed by atoms with Crippen LogP contribution in [0.5, 0.6) is 0 Å². The Morgan fingerprint density at radius 1 is 1.00 bits per heavy atom. The molecule has 3 N–H and O–H groups in total. The number of thiol groups is 1. The first-order valence-corrected chi connectivity index (χ1v) is 5.54. The van der Waals surface area contributed by atoms with Crippen molar-refractivity contribution in [1.82, 2.24) is 0 Å². The second kappa shape index (κ2) is 6.67. The molecule has 0 heterocycles. The molecular formula is C10H22O3S. The first kappa shape index (κ1) is 14.2. The van der Waals surface area contributed by atoms with Gasteiger partial charge in [-0.2, -0.15) is 12.6 Å². The minimum Gasteiger partial charge on any atom is -0.396 e. The first-order valence-electron chi connectivity index (χ1n) is 5.03. The third kappa shape index (κ3) is 3.77. The second-order valence-electron chi connectivity index (χ2n) is 4.16. The molecular weight excluding hydrogens is 200 g/mol. The molecule has 0 aromatic carbocycles. The molecule has 4 heteroatoms. The maximum absolute atomic E-state index is 9.17. The van der Waals surface area contributed by atoms with Crippen molar-refractivity contribution in [3.63, 3.8) is 0 Å². The number of aliphatic hydroxyl groups is 3. The molecule has 2 unspecified atom stereocenters. The van der Waals surface area contributed by atoms with Crippen LogP contribution < -0.4 is 0 Å². The topological polar surface area (TPSA) is 60.7 Å². The van der Waals surface area contributed by atoms with E-state index >= 15 is 0 Å². The van der Waals surface area contributed by atoms with Gasteiger partial charge >= 0.3 is 0 Å². The molecule has 0 radical (unpaired) electrons. The van der Waals surface area contributed by atoms with Crippen molar-refractivity contribution in [3.8, 4) is 0 Å². The number of aliphatic hydroxyl groups excluding tert-OH is 3. The molecule has 0 aliphatic carbocycles. The number of hydrogen-bond donors (Lipinski definition) is 4. The van der Waals surface area contributed by atoms with E-state index in [0.29, 0.717) is 5.25 Å². The molecule has 0 bridgehead atoms. The second-order valence-corrected chi connectivity index (χ2v) is 5.05. The van der Waals surface area contributed by atoms with E-state index in [4.69, 9.17) is 0 Å². The van der Waals surface area contributed by atoms with Crippen LogP contribution in [0, 0.1) is 11.3 Å². The minimum atomic E-state index is -0.747. The quantitative estimate of drug-likeness (QED) is 0.479. The fourth-order valence-electron chi connectivity index (χ4n) is 1.41. The molecule has 0 aromatic heterocycles. The molecule has 0 spiro atoms. The summed E-state index contributed by atoms with van der Waals surface area (Å²) in [6, 6.07) is 0. The Balaban J connectivity index is 4.21. The van der Waals surface area contributed by atoms with Crippen LogP contribution in [0.2, 0.25) is 0 Å². The van der Waals surface area contributed by atoms with E-state index in [2.05, 4.69) is 12.6 Å². The number of hydrogen-bond acceptors (Lipinski definition) is 4. The molecule has 0 aliphatic rings.